The molecule has 3 nitrogen and oxygen atoms in total. The normalized spacial score (nSPS) is 30.0. The van der Waals surface area contributed by atoms with E-state index in [0.29, 0.717) is 6.04 Å². The van der Waals surface area contributed by atoms with Gasteiger partial charge >= 0.3 is 0 Å². The lowest BCUT2D eigenvalue weighted by Crippen LogP contribution is -2.30. The van der Waals surface area contributed by atoms with Crippen LogP contribution >= 0.6 is 22.9 Å². The predicted octanol–water partition coefficient (Wildman–Crippen LogP) is 0.420. The number of nitrogens with zero attached hydrogens (tertiary/aromatic N) is 1. The standard InChI is InChI=1S/C6H12INO2/c7-8-2-4-10-3-1-6(8)5-9/h6,9H,1-5H2. The molecule has 0 saturated carbocycles. The van der Waals surface area contributed by atoms with Gasteiger partial charge in [0.15, 0.2) is 0 Å². The first-order valence-electron chi connectivity index (χ1n) is 3.45. The molecule has 1 saturated heterocycles. The lowest BCUT2D eigenvalue weighted by Gasteiger charge is -2.19. The number of aliphatic hydroxyl groups excluding tert-OH is 1. The highest BCUT2D eigenvalue weighted by molar-refractivity contribution is 14.1. The third-order valence-corrected chi connectivity index (χ3v) is 2.92. The molecule has 10 heavy (non-hydrogen) atoms. The van der Waals surface area contributed by atoms with E-state index in [1.54, 1.807) is 0 Å². The van der Waals surface area contributed by atoms with Crippen molar-refractivity contribution >= 4 is 22.9 Å². The van der Waals surface area contributed by atoms with E-state index in [9.17, 15) is 0 Å². The third kappa shape index (κ3) is 2.34. The molecule has 0 amide bonds. The van der Waals surface area contributed by atoms with Gasteiger partial charge in [0.2, 0.25) is 0 Å². The van der Waals surface area contributed by atoms with Crippen molar-refractivity contribution < 1.29 is 9.84 Å². The van der Waals surface area contributed by atoms with Gasteiger partial charge in [0.05, 0.1) is 13.2 Å². The van der Waals surface area contributed by atoms with Crippen molar-refractivity contribution in [3.63, 3.8) is 0 Å². The SMILES string of the molecule is OCC1CCOCCN1I. The van der Waals surface area contributed by atoms with Crippen molar-refractivity contribution in [3.8, 4) is 0 Å². The van der Waals surface area contributed by atoms with E-state index in [2.05, 4.69) is 26.0 Å². The van der Waals surface area contributed by atoms with Gasteiger partial charge in [-0.1, -0.05) is 0 Å². The second-order valence-corrected chi connectivity index (χ2v) is 3.60. The first-order chi connectivity index (χ1) is 4.84. The molecule has 1 N–H and O–H groups in total. The molecule has 1 unspecified atom stereocenters. The first-order valence-corrected chi connectivity index (χ1v) is 4.42. The molecule has 1 heterocycles. The van der Waals surface area contributed by atoms with Gasteiger partial charge in [-0.3, -0.25) is 0 Å². The molecule has 0 aliphatic carbocycles. The van der Waals surface area contributed by atoms with E-state index in [-0.39, 0.29) is 6.61 Å². The summed E-state index contributed by atoms with van der Waals surface area (Å²) in [6, 6.07) is 0.295. The molecular formula is C6H12INO2. The number of hydrogen-bond acceptors (Lipinski definition) is 3. The maximum atomic E-state index is 8.88. The maximum absolute atomic E-state index is 8.88. The molecule has 1 atom stereocenters. The van der Waals surface area contributed by atoms with Gasteiger partial charge in [-0.2, -0.15) is 0 Å². The summed E-state index contributed by atoms with van der Waals surface area (Å²) in [6.45, 7) is 2.74. The molecule has 4 heteroatoms. The zero-order valence-corrected chi connectivity index (χ0v) is 7.95. The van der Waals surface area contributed by atoms with Crippen LogP contribution in [0.2, 0.25) is 0 Å². The topological polar surface area (TPSA) is 32.7 Å². The molecule has 1 fully saturated rings. The molecule has 0 bridgehead atoms. The lowest BCUT2D eigenvalue weighted by atomic mass is 10.2. The maximum Gasteiger partial charge on any atom is 0.0601 e. The van der Waals surface area contributed by atoms with E-state index < -0.39 is 0 Å². The molecule has 0 aromatic heterocycles. The zero-order chi connectivity index (χ0) is 7.40. The highest BCUT2D eigenvalue weighted by Crippen LogP contribution is 2.12. The minimum Gasteiger partial charge on any atom is -0.395 e. The van der Waals surface area contributed by atoms with Gasteiger partial charge in [0, 0.05) is 42.1 Å². The number of rotatable bonds is 1. The van der Waals surface area contributed by atoms with Crippen molar-refractivity contribution in [1.82, 2.24) is 3.11 Å². The highest BCUT2D eigenvalue weighted by Gasteiger charge is 2.17. The van der Waals surface area contributed by atoms with Crippen LogP contribution in [0.3, 0.4) is 0 Å². The molecule has 1 rings (SSSR count). The van der Waals surface area contributed by atoms with Crippen molar-refractivity contribution in [3.05, 3.63) is 0 Å². The average molecular weight is 257 g/mol. The van der Waals surface area contributed by atoms with Gasteiger partial charge in [-0.15, -0.1) is 0 Å². The Morgan fingerprint density at radius 1 is 1.60 bits per heavy atom. The smallest absolute Gasteiger partial charge is 0.0601 e. The minimum atomic E-state index is 0.242. The molecule has 0 aromatic carbocycles. The molecule has 0 aromatic rings. The van der Waals surface area contributed by atoms with Crippen LogP contribution in [0.15, 0.2) is 0 Å². The van der Waals surface area contributed by atoms with Gasteiger partial charge in [-0.05, 0) is 6.42 Å². The number of hydrogen-bond donors (Lipinski definition) is 1. The summed E-state index contributed by atoms with van der Waals surface area (Å²) in [4.78, 5) is 0. The second-order valence-electron chi connectivity index (χ2n) is 2.36. The van der Waals surface area contributed by atoms with Gasteiger partial charge in [-0.25, -0.2) is 3.11 Å². The van der Waals surface area contributed by atoms with Crippen LogP contribution in [0.4, 0.5) is 0 Å². The minimum absolute atomic E-state index is 0.242. The summed E-state index contributed by atoms with van der Waals surface area (Å²) >= 11 is 2.24. The quantitative estimate of drug-likeness (QED) is 0.546. The number of aliphatic hydroxyl groups is 1. The van der Waals surface area contributed by atoms with Crippen LogP contribution < -0.4 is 0 Å². The summed E-state index contributed by atoms with van der Waals surface area (Å²) in [5.41, 5.74) is 0. The summed E-state index contributed by atoms with van der Waals surface area (Å²) in [5.74, 6) is 0. The Morgan fingerprint density at radius 3 is 3.10 bits per heavy atom. The molecular weight excluding hydrogens is 245 g/mol. The Kier molecular flexibility index (Phi) is 3.90. The zero-order valence-electron chi connectivity index (χ0n) is 5.79. The summed E-state index contributed by atoms with van der Waals surface area (Å²) in [5, 5.41) is 8.88. The van der Waals surface area contributed by atoms with E-state index in [4.69, 9.17) is 9.84 Å². The number of halogens is 1. The summed E-state index contributed by atoms with van der Waals surface area (Å²) in [6.07, 6.45) is 0.944. The molecule has 0 radical (unpaired) electrons. The van der Waals surface area contributed by atoms with E-state index in [0.717, 1.165) is 26.2 Å². The van der Waals surface area contributed by atoms with Crippen LogP contribution in [0, 0.1) is 0 Å². The molecule has 0 spiro atoms. The van der Waals surface area contributed by atoms with E-state index >= 15 is 0 Å². The molecule has 60 valence electrons. The van der Waals surface area contributed by atoms with Crippen molar-refractivity contribution in [1.29, 1.82) is 0 Å². The highest BCUT2D eigenvalue weighted by atomic mass is 127. The Balaban J connectivity index is 2.35. The monoisotopic (exact) mass is 257 g/mol. The van der Waals surface area contributed by atoms with Gasteiger partial charge < -0.3 is 9.84 Å². The Bertz CT molecular complexity index is 102. The fourth-order valence-electron chi connectivity index (χ4n) is 0.976. The summed E-state index contributed by atoms with van der Waals surface area (Å²) in [7, 11) is 0. The fourth-order valence-corrected chi connectivity index (χ4v) is 1.63. The van der Waals surface area contributed by atoms with Crippen molar-refractivity contribution in [2.24, 2.45) is 0 Å². The fraction of sp³-hybridized carbons (Fsp3) is 1.00. The van der Waals surface area contributed by atoms with Crippen LogP contribution in [0.1, 0.15) is 6.42 Å². The Hall–Kier alpha value is 0.610. The first kappa shape index (κ1) is 8.70. The Morgan fingerprint density at radius 2 is 2.40 bits per heavy atom. The molecule has 1 aliphatic heterocycles. The third-order valence-electron chi connectivity index (χ3n) is 1.65. The van der Waals surface area contributed by atoms with Gasteiger partial charge in [0.1, 0.15) is 0 Å². The van der Waals surface area contributed by atoms with Crippen molar-refractivity contribution in [2.45, 2.75) is 12.5 Å². The summed E-state index contributed by atoms with van der Waals surface area (Å²) < 4.78 is 7.36. The predicted molar refractivity (Wildman–Crippen MR) is 47.0 cm³/mol. The van der Waals surface area contributed by atoms with Crippen LogP contribution in [-0.4, -0.2) is 40.6 Å². The number of ether oxygens (including phenoxy) is 1. The van der Waals surface area contributed by atoms with E-state index in [1.165, 1.54) is 0 Å². The largest absolute Gasteiger partial charge is 0.395 e. The second kappa shape index (κ2) is 4.48. The van der Waals surface area contributed by atoms with Crippen LogP contribution in [-0.2, 0) is 4.74 Å². The lowest BCUT2D eigenvalue weighted by molar-refractivity contribution is 0.146. The Labute approximate surface area is 74.8 Å². The molecule has 1 aliphatic rings. The van der Waals surface area contributed by atoms with Gasteiger partial charge in [0.25, 0.3) is 0 Å². The van der Waals surface area contributed by atoms with Crippen LogP contribution in [0.25, 0.3) is 0 Å². The van der Waals surface area contributed by atoms with Crippen molar-refractivity contribution in [2.75, 3.05) is 26.4 Å². The van der Waals surface area contributed by atoms with Crippen LogP contribution in [0.5, 0.6) is 0 Å². The van der Waals surface area contributed by atoms with E-state index in [1.807, 2.05) is 0 Å². The average Bonchev–Trinajstić information content (AvgIpc) is 2.13.